The van der Waals surface area contributed by atoms with Gasteiger partial charge in [-0.15, -0.1) is 11.3 Å². The summed E-state index contributed by atoms with van der Waals surface area (Å²) in [5, 5.41) is 2.03. The number of amides is 1. The molecule has 1 saturated heterocycles. The first-order valence-electron chi connectivity index (χ1n) is 7.60. The minimum atomic E-state index is -0.131. The van der Waals surface area contributed by atoms with E-state index in [1.807, 2.05) is 41.0 Å². The molecule has 5 nitrogen and oxygen atoms in total. The number of esters is 1. The van der Waals surface area contributed by atoms with Gasteiger partial charge in [0, 0.05) is 20.1 Å². The lowest BCUT2D eigenvalue weighted by Crippen LogP contribution is -2.41. The molecule has 6 heteroatoms. The molecule has 0 atom stereocenters. The Kier molecular flexibility index (Phi) is 4.20. The van der Waals surface area contributed by atoms with Crippen molar-refractivity contribution >= 4 is 33.4 Å². The summed E-state index contributed by atoms with van der Waals surface area (Å²) in [4.78, 5) is 26.3. The van der Waals surface area contributed by atoms with Crippen molar-refractivity contribution in [2.45, 2.75) is 19.8 Å². The standard InChI is InChI=1S/C16H20N2O3S/c1-3-21-16(20)11-4-7-18(8-5-11)15(19)13-10-14-12(17(13)2)6-9-22-14/h6,9-11H,3-5,7-8H2,1-2H3. The normalized spacial score (nSPS) is 16.2. The molecule has 0 unspecified atom stereocenters. The minimum absolute atomic E-state index is 0.0493. The van der Waals surface area contributed by atoms with Crippen LogP contribution in [0.3, 0.4) is 0 Å². The second kappa shape index (κ2) is 6.12. The first kappa shape index (κ1) is 15.1. The van der Waals surface area contributed by atoms with Gasteiger partial charge in [-0.1, -0.05) is 0 Å². The summed E-state index contributed by atoms with van der Waals surface area (Å²) in [6.45, 7) is 3.46. The molecular formula is C16H20N2O3S. The third-order valence-corrected chi connectivity index (χ3v) is 5.14. The van der Waals surface area contributed by atoms with Gasteiger partial charge in [-0.05, 0) is 37.3 Å². The SMILES string of the molecule is CCOC(=O)C1CCN(C(=O)c2cc3sccc3n2C)CC1. The van der Waals surface area contributed by atoms with Crippen molar-refractivity contribution in [1.82, 2.24) is 9.47 Å². The van der Waals surface area contributed by atoms with Gasteiger partial charge in [0.1, 0.15) is 5.69 Å². The number of aromatic nitrogens is 1. The Hall–Kier alpha value is -1.82. The van der Waals surface area contributed by atoms with Crippen molar-refractivity contribution in [3.05, 3.63) is 23.2 Å². The van der Waals surface area contributed by atoms with Gasteiger partial charge in [-0.2, -0.15) is 0 Å². The molecule has 0 radical (unpaired) electrons. The highest BCUT2D eigenvalue weighted by atomic mass is 32.1. The van der Waals surface area contributed by atoms with E-state index in [0.717, 1.165) is 15.9 Å². The van der Waals surface area contributed by atoms with E-state index < -0.39 is 0 Å². The van der Waals surface area contributed by atoms with E-state index >= 15 is 0 Å². The molecule has 118 valence electrons. The van der Waals surface area contributed by atoms with Crippen LogP contribution < -0.4 is 0 Å². The minimum Gasteiger partial charge on any atom is -0.466 e. The van der Waals surface area contributed by atoms with E-state index in [4.69, 9.17) is 4.74 Å². The average molecular weight is 320 g/mol. The largest absolute Gasteiger partial charge is 0.466 e. The van der Waals surface area contributed by atoms with Gasteiger partial charge in [0.25, 0.3) is 5.91 Å². The van der Waals surface area contributed by atoms with Crippen molar-refractivity contribution in [2.24, 2.45) is 13.0 Å². The fourth-order valence-electron chi connectivity index (χ4n) is 3.00. The summed E-state index contributed by atoms with van der Waals surface area (Å²) in [5.74, 6) is -0.150. The van der Waals surface area contributed by atoms with Crippen LogP contribution in [0, 0.1) is 5.92 Å². The summed E-state index contributed by atoms with van der Waals surface area (Å²) < 4.78 is 8.15. The van der Waals surface area contributed by atoms with Gasteiger partial charge >= 0.3 is 5.97 Å². The number of thiophene rings is 1. The molecule has 0 N–H and O–H groups in total. The predicted octanol–water partition coefficient (Wildman–Crippen LogP) is 2.66. The lowest BCUT2D eigenvalue weighted by Gasteiger charge is -2.30. The molecule has 3 heterocycles. The van der Waals surface area contributed by atoms with Gasteiger partial charge < -0.3 is 14.2 Å². The number of carbonyl (C=O) groups is 2. The molecule has 1 fully saturated rings. The van der Waals surface area contributed by atoms with Crippen LogP contribution in [-0.2, 0) is 16.6 Å². The number of hydrogen-bond donors (Lipinski definition) is 0. The van der Waals surface area contributed by atoms with Crippen LogP contribution in [-0.4, -0.2) is 41.0 Å². The van der Waals surface area contributed by atoms with Crippen LogP contribution in [0.15, 0.2) is 17.5 Å². The van der Waals surface area contributed by atoms with Gasteiger partial charge in [0.2, 0.25) is 0 Å². The van der Waals surface area contributed by atoms with Gasteiger partial charge in [-0.25, -0.2) is 0 Å². The van der Waals surface area contributed by atoms with Crippen LogP contribution in [0.2, 0.25) is 0 Å². The molecule has 0 aliphatic carbocycles. The quantitative estimate of drug-likeness (QED) is 0.817. The molecule has 0 saturated carbocycles. The number of fused-ring (bicyclic) bond motifs is 1. The lowest BCUT2D eigenvalue weighted by molar-refractivity contribution is -0.149. The molecule has 2 aromatic rings. The Morgan fingerprint density at radius 3 is 2.73 bits per heavy atom. The maximum atomic E-state index is 12.7. The number of nitrogens with zero attached hydrogens (tertiary/aromatic N) is 2. The monoisotopic (exact) mass is 320 g/mol. The second-order valence-electron chi connectivity index (χ2n) is 5.58. The summed E-state index contributed by atoms with van der Waals surface area (Å²) >= 11 is 1.64. The number of ether oxygens (including phenoxy) is 1. The van der Waals surface area contributed by atoms with E-state index in [-0.39, 0.29) is 17.8 Å². The van der Waals surface area contributed by atoms with Crippen LogP contribution in [0.25, 0.3) is 10.2 Å². The third kappa shape index (κ3) is 2.63. The predicted molar refractivity (Wildman–Crippen MR) is 86.1 cm³/mol. The molecule has 0 aromatic carbocycles. The number of hydrogen-bond acceptors (Lipinski definition) is 4. The van der Waals surface area contributed by atoms with E-state index in [9.17, 15) is 9.59 Å². The highest BCUT2D eigenvalue weighted by Crippen LogP contribution is 2.26. The maximum Gasteiger partial charge on any atom is 0.309 e. The van der Waals surface area contributed by atoms with E-state index in [2.05, 4.69) is 0 Å². The molecule has 1 aliphatic rings. The van der Waals surface area contributed by atoms with E-state index in [1.165, 1.54) is 0 Å². The Morgan fingerprint density at radius 1 is 1.36 bits per heavy atom. The smallest absolute Gasteiger partial charge is 0.309 e. The van der Waals surface area contributed by atoms with E-state index in [1.54, 1.807) is 11.3 Å². The molecular weight excluding hydrogens is 300 g/mol. The molecule has 0 spiro atoms. The number of piperidine rings is 1. The Balaban J connectivity index is 1.68. The highest BCUT2D eigenvalue weighted by molar-refractivity contribution is 7.17. The first-order valence-corrected chi connectivity index (χ1v) is 8.48. The van der Waals surface area contributed by atoms with Crippen molar-refractivity contribution in [3.63, 3.8) is 0 Å². The van der Waals surface area contributed by atoms with E-state index in [0.29, 0.717) is 32.5 Å². The molecule has 2 aromatic heterocycles. The first-order chi connectivity index (χ1) is 10.6. The zero-order valence-electron chi connectivity index (χ0n) is 12.9. The topological polar surface area (TPSA) is 51.5 Å². The fraction of sp³-hybridized carbons (Fsp3) is 0.500. The number of rotatable bonds is 3. The van der Waals surface area contributed by atoms with Crippen molar-refractivity contribution in [2.75, 3.05) is 19.7 Å². The molecule has 0 bridgehead atoms. The summed E-state index contributed by atoms with van der Waals surface area (Å²) in [6.07, 6.45) is 1.37. The lowest BCUT2D eigenvalue weighted by atomic mass is 9.97. The Morgan fingerprint density at radius 2 is 2.09 bits per heavy atom. The summed E-state index contributed by atoms with van der Waals surface area (Å²) in [7, 11) is 1.92. The van der Waals surface area contributed by atoms with Crippen molar-refractivity contribution < 1.29 is 14.3 Å². The highest BCUT2D eigenvalue weighted by Gasteiger charge is 2.29. The van der Waals surface area contributed by atoms with Gasteiger partial charge in [-0.3, -0.25) is 9.59 Å². The Bertz CT molecular complexity index is 695. The Labute approximate surface area is 133 Å². The molecule has 3 rings (SSSR count). The van der Waals surface area contributed by atoms with Gasteiger partial charge in [0.15, 0.2) is 0 Å². The number of carbonyl (C=O) groups excluding carboxylic acids is 2. The molecule has 1 amide bonds. The zero-order valence-corrected chi connectivity index (χ0v) is 13.7. The van der Waals surface area contributed by atoms with Gasteiger partial charge in [0.05, 0.1) is 22.7 Å². The summed E-state index contributed by atoms with van der Waals surface area (Å²) in [6, 6.07) is 3.99. The summed E-state index contributed by atoms with van der Waals surface area (Å²) in [5.41, 5.74) is 1.81. The molecule has 1 aliphatic heterocycles. The fourth-order valence-corrected chi connectivity index (χ4v) is 3.84. The van der Waals surface area contributed by atoms with Crippen molar-refractivity contribution in [3.8, 4) is 0 Å². The van der Waals surface area contributed by atoms with Crippen LogP contribution >= 0.6 is 11.3 Å². The number of likely N-dealkylation sites (tertiary alicyclic amines) is 1. The maximum absolute atomic E-state index is 12.7. The third-order valence-electron chi connectivity index (χ3n) is 4.29. The zero-order chi connectivity index (χ0) is 15.7. The number of aryl methyl sites for hydroxylation is 1. The second-order valence-corrected chi connectivity index (χ2v) is 6.52. The van der Waals surface area contributed by atoms with Crippen LogP contribution in [0.5, 0.6) is 0 Å². The van der Waals surface area contributed by atoms with Crippen LogP contribution in [0.4, 0.5) is 0 Å². The molecule has 22 heavy (non-hydrogen) atoms. The average Bonchev–Trinajstić information content (AvgIpc) is 3.10. The van der Waals surface area contributed by atoms with Crippen LogP contribution in [0.1, 0.15) is 30.3 Å². The van der Waals surface area contributed by atoms with Crippen molar-refractivity contribution in [1.29, 1.82) is 0 Å².